The van der Waals surface area contributed by atoms with Crippen LogP contribution in [0.15, 0.2) is 30.5 Å². The molecule has 0 saturated carbocycles. The lowest BCUT2D eigenvalue weighted by atomic mass is 10.2. The number of carbonyl (C=O) groups excluding carboxylic acids is 2. The fourth-order valence-corrected chi connectivity index (χ4v) is 2.79. The molecule has 1 aliphatic rings. The van der Waals surface area contributed by atoms with Crippen molar-refractivity contribution in [3.05, 3.63) is 41.0 Å². The van der Waals surface area contributed by atoms with Crippen LogP contribution in [-0.4, -0.2) is 60.5 Å². The van der Waals surface area contributed by atoms with Gasteiger partial charge in [-0.2, -0.15) is 4.98 Å². The summed E-state index contributed by atoms with van der Waals surface area (Å²) < 4.78 is 4.72. The van der Waals surface area contributed by atoms with Crippen LogP contribution in [0.25, 0.3) is 0 Å². The molecule has 2 heterocycles. The Labute approximate surface area is 155 Å². The zero-order chi connectivity index (χ0) is 18.5. The average Bonchev–Trinajstić information content (AvgIpc) is 2.69. The van der Waals surface area contributed by atoms with Gasteiger partial charge in [0.15, 0.2) is 0 Å². The van der Waals surface area contributed by atoms with Gasteiger partial charge >= 0.3 is 5.97 Å². The molecule has 1 fully saturated rings. The molecule has 0 aliphatic carbocycles. The maximum absolute atomic E-state index is 11.7. The molecule has 9 heteroatoms. The molecule has 0 spiro atoms. The number of aromatic nitrogens is 2. The number of hydrogen-bond donors (Lipinski definition) is 1. The third-order valence-corrected chi connectivity index (χ3v) is 4.39. The van der Waals surface area contributed by atoms with E-state index in [1.54, 1.807) is 29.3 Å². The molecule has 0 atom stereocenters. The Hall–Kier alpha value is -2.87. The second-order valence-electron chi connectivity index (χ2n) is 5.68. The van der Waals surface area contributed by atoms with E-state index in [1.807, 2.05) is 6.07 Å². The number of carbonyl (C=O) groups is 2. The molecule has 1 aromatic carbocycles. The Kier molecular flexibility index (Phi) is 5.52. The van der Waals surface area contributed by atoms with E-state index in [0.717, 1.165) is 12.2 Å². The standard InChI is InChI=1S/C17H18ClN5O3/c1-26-16(25)12-2-3-13(18)14(10-12)20-17-19-5-4-15(21-17)23-8-6-22(11-24)7-9-23/h2-5,10-11H,6-9H2,1H3,(H,19,20,21). The molecule has 1 amide bonds. The fourth-order valence-electron chi connectivity index (χ4n) is 2.63. The number of nitrogens with zero attached hydrogens (tertiary/aromatic N) is 4. The number of benzene rings is 1. The van der Waals surface area contributed by atoms with Crippen LogP contribution in [0.3, 0.4) is 0 Å². The van der Waals surface area contributed by atoms with Gasteiger partial charge in [0.25, 0.3) is 0 Å². The molecular weight excluding hydrogens is 358 g/mol. The zero-order valence-electron chi connectivity index (χ0n) is 14.2. The van der Waals surface area contributed by atoms with E-state index in [0.29, 0.717) is 48.4 Å². The number of hydrogen-bond acceptors (Lipinski definition) is 7. The summed E-state index contributed by atoms with van der Waals surface area (Å²) in [7, 11) is 1.32. The van der Waals surface area contributed by atoms with Crippen molar-refractivity contribution in [2.75, 3.05) is 43.5 Å². The number of rotatable bonds is 5. The monoisotopic (exact) mass is 375 g/mol. The Morgan fingerprint density at radius 1 is 1.27 bits per heavy atom. The van der Waals surface area contributed by atoms with Gasteiger partial charge in [-0.05, 0) is 24.3 Å². The highest BCUT2D eigenvalue weighted by molar-refractivity contribution is 6.33. The molecule has 136 valence electrons. The minimum absolute atomic E-state index is 0.365. The van der Waals surface area contributed by atoms with Crippen LogP contribution in [0.4, 0.5) is 17.5 Å². The predicted octanol–water partition coefficient (Wildman–Crippen LogP) is 1.94. The molecule has 3 rings (SSSR count). The first-order valence-electron chi connectivity index (χ1n) is 8.03. The molecule has 1 aromatic heterocycles. The van der Waals surface area contributed by atoms with Crippen molar-refractivity contribution in [1.82, 2.24) is 14.9 Å². The van der Waals surface area contributed by atoms with Crippen LogP contribution in [0.5, 0.6) is 0 Å². The first-order valence-corrected chi connectivity index (χ1v) is 8.40. The third-order valence-electron chi connectivity index (χ3n) is 4.06. The first-order chi connectivity index (χ1) is 12.6. The Morgan fingerprint density at radius 2 is 2.04 bits per heavy atom. The number of esters is 1. The lowest BCUT2D eigenvalue weighted by molar-refractivity contribution is -0.118. The molecule has 0 unspecified atom stereocenters. The molecule has 1 N–H and O–H groups in total. The Morgan fingerprint density at radius 3 is 2.73 bits per heavy atom. The summed E-state index contributed by atoms with van der Waals surface area (Å²) in [6, 6.07) is 6.60. The lowest BCUT2D eigenvalue weighted by Crippen LogP contribution is -2.46. The minimum atomic E-state index is -0.451. The number of amides is 1. The highest BCUT2D eigenvalue weighted by Crippen LogP contribution is 2.26. The maximum atomic E-state index is 11.7. The quantitative estimate of drug-likeness (QED) is 0.631. The molecule has 2 aromatic rings. The fraction of sp³-hybridized carbons (Fsp3) is 0.294. The van der Waals surface area contributed by atoms with Crippen LogP contribution < -0.4 is 10.2 Å². The van der Waals surface area contributed by atoms with E-state index in [4.69, 9.17) is 16.3 Å². The van der Waals surface area contributed by atoms with Crippen LogP contribution in [0, 0.1) is 0 Å². The molecule has 0 radical (unpaired) electrons. The van der Waals surface area contributed by atoms with Gasteiger partial charge in [-0.3, -0.25) is 4.79 Å². The predicted molar refractivity (Wildman–Crippen MR) is 98.0 cm³/mol. The van der Waals surface area contributed by atoms with Crippen molar-refractivity contribution in [2.24, 2.45) is 0 Å². The minimum Gasteiger partial charge on any atom is -0.465 e. The topological polar surface area (TPSA) is 87.7 Å². The van der Waals surface area contributed by atoms with Gasteiger partial charge in [-0.25, -0.2) is 9.78 Å². The van der Waals surface area contributed by atoms with Gasteiger partial charge in [-0.1, -0.05) is 11.6 Å². The normalized spacial score (nSPS) is 14.1. The maximum Gasteiger partial charge on any atom is 0.337 e. The summed E-state index contributed by atoms with van der Waals surface area (Å²) in [5.41, 5.74) is 0.887. The van der Waals surface area contributed by atoms with Gasteiger partial charge in [0.2, 0.25) is 12.4 Å². The average molecular weight is 376 g/mol. The summed E-state index contributed by atoms with van der Waals surface area (Å²) >= 11 is 6.20. The van der Waals surface area contributed by atoms with Crippen molar-refractivity contribution >= 4 is 41.4 Å². The van der Waals surface area contributed by atoms with Crippen LogP contribution in [-0.2, 0) is 9.53 Å². The van der Waals surface area contributed by atoms with E-state index in [9.17, 15) is 9.59 Å². The number of piperazine rings is 1. The molecule has 1 aliphatic heterocycles. The van der Waals surface area contributed by atoms with Crippen molar-refractivity contribution in [3.63, 3.8) is 0 Å². The third kappa shape index (κ3) is 4.02. The van der Waals surface area contributed by atoms with E-state index in [1.165, 1.54) is 7.11 Å². The van der Waals surface area contributed by atoms with Crippen molar-refractivity contribution in [1.29, 1.82) is 0 Å². The van der Waals surface area contributed by atoms with Gasteiger partial charge in [0.1, 0.15) is 5.82 Å². The van der Waals surface area contributed by atoms with Gasteiger partial charge < -0.3 is 19.9 Å². The van der Waals surface area contributed by atoms with Crippen molar-refractivity contribution < 1.29 is 14.3 Å². The summed E-state index contributed by atoms with van der Waals surface area (Å²) in [6.07, 6.45) is 2.51. The largest absolute Gasteiger partial charge is 0.465 e. The Balaban J connectivity index is 1.77. The smallest absolute Gasteiger partial charge is 0.337 e. The van der Waals surface area contributed by atoms with E-state index in [2.05, 4.69) is 20.2 Å². The van der Waals surface area contributed by atoms with Gasteiger partial charge in [0.05, 0.1) is 23.4 Å². The summed E-state index contributed by atoms with van der Waals surface area (Å²) in [4.78, 5) is 35.0. The second kappa shape index (κ2) is 8.01. The highest BCUT2D eigenvalue weighted by Gasteiger charge is 2.17. The van der Waals surface area contributed by atoms with E-state index in [-0.39, 0.29) is 0 Å². The SMILES string of the molecule is COC(=O)c1ccc(Cl)c(Nc2nccc(N3CCN(C=O)CC3)n2)c1. The highest BCUT2D eigenvalue weighted by atomic mass is 35.5. The van der Waals surface area contributed by atoms with Crippen molar-refractivity contribution in [3.8, 4) is 0 Å². The molecule has 1 saturated heterocycles. The van der Waals surface area contributed by atoms with Crippen LogP contribution in [0.2, 0.25) is 5.02 Å². The number of halogens is 1. The number of methoxy groups -OCH3 is 1. The summed E-state index contributed by atoms with van der Waals surface area (Å²) in [5, 5.41) is 3.47. The van der Waals surface area contributed by atoms with Crippen LogP contribution >= 0.6 is 11.6 Å². The van der Waals surface area contributed by atoms with E-state index < -0.39 is 5.97 Å². The second-order valence-corrected chi connectivity index (χ2v) is 6.09. The molecule has 26 heavy (non-hydrogen) atoms. The molecule has 8 nitrogen and oxygen atoms in total. The summed E-state index contributed by atoms with van der Waals surface area (Å²) in [6.45, 7) is 2.72. The number of nitrogens with one attached hydrogen (secondary N) is 1. The van der Waals surface area contributed by atoms with E-state index >= 15 is 0 Å². The summed E-state index contributed by atoms with van der Waals surface area (Å²) in [5.74, 6) is 0.671. The van der Waals surface area contributed by atoms with Gasteiger partial charge in [-0.15, -0.1) is 0 Å². The van der Waals surface area contributed by atoms with Gasteiger partial charge in [0, 0.05) is 32.4 Å². The molecular formula is C17H18ClN5O3. The zero-order valence-corrected chi connectivity index (χ0v) is 14.9. The first kappa shape index (κ1) is 17.9. The number of anilines is 3. The number of ether oxygens (including phenoxy) is 1. The molecule has 0 bridgehead atoms. The lowest BCUT2D eigenvalue weighted by Gasteiger charge is -2.33. The Bertz CT molecular complexity index is 809. The van der Waals surface area contributed by atoms with Crippen LogP contribution in [0.1, 0.15) is 10.4 Å². The van der Waals surface area contributed by atoms with Crippen molar-refractivity contribution in [2.45, 2.75) is 0 Å².